The summed E-state index contributed by atoms with van der Waals surface area (Å²) in [5.41, 5.74) is 2.13. The van der Waals surface area contributed by atoms with Crippen LogP contribution >= 0.6 is 0 Å². The number of phenols is 2. The van der Waals surface area contributed by atoms with E-state index in [2.05, 4.69) is 24.4 Å². The van der Waals surface area contributed by atoms with Crippen molar-refractivity contribution in [2.75, 3.05) is 27.2 Å². The van der Waals surface area contributed by atoms with Gasteiger partial charge in [0.1, 0.15) is 24.6 Å². The van der Waals surface area contributed by atoms with Gasteiger partial charge in [0, 0.05) is 5.56 Å². The number of rotatable bonds is 6. The lowest BCUT2D eigenvalue weighted by atomic mass is 10.1. The van der Waals surface area contributed by atoms with Gasteiger partial charge in [-0.25, -0.2) is 4.68 Å². The normalized spacial score (nSPS) is 10.6. The summed E-state index contributed by atoms with van der Waals surface area (Å²) in [5, 5.41) is 27.2. The lowest BCUT2D eigenvalue weighted by molar-refractivity contribution is -0.858. The highest BCUT2D eigenvalue weighted by molar-refractivity contribution is 5.62. The van der Waals surface area contributed by atoms with Crippen LogP contribution in [0.5, 0.6) is 17.2 Å². The van der Waals surface area contributed by atoms with Crippen molar-refractivity contribution in [3.63, 3.8) is 0 Å². The maximum Gasteiger partial charge on any atom is 0.158 e. The van der Waals surface area contributed by atoms with E-state index in [1.165, 1.54) is 17.0 Å². The maximum absolute atomic E-state index is 9.60. The van der Waals surface area contributed by atoms with E-state index in [1.54, 1.807) is 16.9 Å². The Morgan fingerprint density at radius 2 is 1.77 bits per heavy atom. The number of hydrogen-bond donors (Lipinski definition) is 3. The molecule has 0 unspecified atom stereocenters. The summed E-state index contributed by atoms with van der Waals surface area (Å²) in [5.74, 6) is 0.463. The van der Waals surface area contributed by atoms with Gasteiger partial charge in [-0.3, -0.25) is 0 Å². The fourth-order valence-corrected chi connectivity index (χ4v) is 2.27. The second-order valence-corrected chi connectivity index (χ2v) is 6.05. The van der Waals surface area contributed by atoms with Crippen molar-refractivity contribution in [1.82, 2.24) is 15.0 Å². The summed E-state index contributed by atoms with van der Waals surface area (Å²) >= 11 is 0. The van der Waals surface area contributed by atoms with Crippen LogP contribution in [-0.4, -0.2) is 52.5 Å². The van der Waals surface area contributed by atoms with Crippen LogP contribution in [0.2, 0.25) is 0 Å². The fourth-order valence-electron chi connectivity index (χ4n) is 2.27. The molecule has 8 heteroatoms. The first-order valence-electron chi connectivity index (χ1n) is 8.00. The van der Waals surface area contributed by atoms with Gasteiger partial charge in [0.05, 0.1) is 26.0 Å². The van der Waals surface area contributed by atoms with Crippen LogP contribution in [0.15, 0.2) is 48.7 Å². The van der Waals surface area contributed by atoms with E-state index in [0.717, 1.165) is 18.0 Å². The number of aromatic nitrogens is 3. The summed E-state index contributed by atoms with van der Waals surface area (Å²) in [4.78, 5) is 1.34. The first kappa shape index (κ1) is 19.6. The largest absolute Gasteiger partial charge is 1.00 e. The Hall–Kier alpha value is -2.77. The predicted molar refractivity (Wildman–Crippen MR) is 93.3 cm³/mol. The summed E-state index contributed by atoms with van der Waals surface area (Å²) < 4.78 is 7.33. The Morgan fingerprint density at radius 1 is 1.04 bits per heavy atom. The van der Waals surface area contributed by atoms with Crippen molar-refractivity contribution in [2.24, 2.45) is 0 Å². The molecule has 3 aromatic rings. The fraction of sp³-hybridized carbons (Fsp3) is 0.222. The number of ether oxygens (including phenoxy) is 1. The van der Waals surface area contributed by atoms with Gasteiger partial charge in [-0.15, -0.1) is 5.10 Å². The third kappa shape index (κ3) is 4.65. The molecule has 7 nitrogen and oxygen atoms in total. The van der Waals surface area contributed by atoms with Crippen LogP contribution in [0.25, 0.3) is 16.9 Å². The number of halogens is 1. The van der Waals surface area contributed by atoms with Crippen molar-refractivity contribution in [3.8, 4) is 34.2 Å². The van der Waals surface area contributed by atoms with E-state index in [4.69, 9.17) is 4.74 Å². The minimum atomic E-state index is -0.187. The van der Waals surface area contributed by atoms with Crippen LogP contribution in [0.4, 0.5) is 0 Å². The molecule has 2 aromatic carbocycles. The molecule has 3 N–H and O–H groups in total. The van der Waals surface area contributed by atoms with E-state index >= 15 is 0 Å². The van der Waals surface area contributed by atoms with E-state index in [0.29, 0.717) is 17.9 Å². The summed E-state index contributed by atoms with van der Waals surface area (Å²) in [6.45, 7) is 1.60. The molecule has 0 radical (unpaired) electrons. The molecule has 0 aliphatic rings. The monoisotopic (exact) mass is 376 g/mol. The summed E-state index contributed by atoms with van der Waals surface area (Å²) in [6.07, 6.45) is 1.76. The van der Waals surface area contributed by atoms with Gasteiger partial charge in [-0.1, -0.05) is 5.21 Å². The van der Waals surface area contributed by atoms with Gasteiger partial charge in [0.25, 0.3) is 0 Å². The Labute approximate surface area is 157 Å². The van der Waals surface area contributed by atoms with Crippen molar-refractivity contribution >= 4 is 0 Å². The highest BCUT2D eigenvalue weighted by Gasteiger charge is 2.08. The molecular formula is C18H21ClN4O3. The van der Waals surface area contributed by atoms with Gasteiger partial charge < -0.3 is 32.3 Å². The van der Waals surface area contributed by atoms with Crippen molar-refractivity contribution < 1.29 is 32.3 Å². The Balaban J connectivity index is 0.00000243. The SMILES string of the molecule is C[NH+](C)CCOc1ccc(-n2cc(-c3ccc(O)c(O)c3)nn2)cc1.[Cl-]. The minimum Gasteiger partial charge on any atom is -1.00 e. The van der Waals surface area contributed by atoms with E-state index in [-0.39, 0.29) is 23.9 Å². The molecule has 0 fully saturated rings. The summed E-state index contributed by atoms with van der Waals surface area (Å²) in [7, 11) is 4.17. The topological polar surface area (TPSA) is 84.8 Å². The van der Waals surface area contributed by atoms with Crippen LogP contribution in [0.1, 0.15) is 0 Å². The van der Waals surface area contributed by atoms with Crippen LogP contribution in [-0.2, 0) is 0 Å². The number of nitrogens with one attached hydrogen (secondary N) is 1. The van der Waals surface area contributed by atoms with Gasteiger partial charge in [0.15, 0.2) is 11.5 Å². The zero-order valence-corrected chi connectivity index (χ0v) is 15.3. The number of benzene rings is 2. The van der Waals surface area contributed by atoms with E-state index in [9.17, 15) is 10.2 Å². The first-order valence-corrected chi connectivity index (χ1v) is 8.00. The molecule has 138 valence electrons. The number of aromatic hydroxyl groups is 2. The second-order valence-electron chi connectivity index (χ2n) is 6.05. The highest BCUT2D eigenvalue weighted by atomic mass is 35.5. The Morgan fingerprint density at radius 3 is 2.42 bits per heavy atom. The molecule has 0 saturated heterocycles. The number of nitrogens with zero attached hydrogens (tertiary/aromatic N) is 3. The summed E-state index contributed by atoms with van der Waals surface area (Å²) in [6, 6.07) is 12.2. The molecule has 0 amide bonds. The average molecular weight is 377 g/mol. The Kier molecular flexibility index (Phi) is 6.43. The van der Waals surface area contributed by atoms with Crippen LogP contribution in [0.3, 0.4) is 0 Å². The number of hydrogen-bond acceptors (Lipinski definition) is 5. The zero-order valence-electron chi connectivity index (χ0n) is 14.6. The predicted octanol–water partition coefficient (Wildman–Crippen LogP) is -2.13. The highest BCUT2D eigenvalue weighted by Crippen LogP contribution is 2.29. The van der Waals surface area contributed by atoms with E-state index < -0.39 is 0 Å². The molecule has 0 spiro atoms. The van der Waals surface area contributed by atoms with Gasteiger partial charge in [-0.2, -0.15) is 0 Å². The van der Waals surface area contributed by atoms with Crippen LogP contribution in [0, 0.1) is 0 Å². The third-order valence-corrected chi connectivity index (χ3v) is 3.74. The number of phenolic OH excluding ortho intramolecular Hbond substituents is 2. The van der Waals surface area contributed by atoms with Gasteiger partial charge >= 0.3 is 0 Å². The van der Waals surface area contributed by atoms with Gasteiger partial charge in [-0.05, 0) is 42.5 Å². The average Bonchev–Trinajstić information content (AvgIpc) is 3.08. The number of likely N-dealkylation sites (N-methyl/N-ethyl adjacent to an activating group) is 1. The smallest absolute Gasteiger partial charge is 0.158 e. The molecular weight excluding hydrogens is 356 g/mol. The standard InChI is InChI=1S/C18H20N4O3.ClH/c1-21(2)9-10-25-15-6-4-14(5-7-15)22-12-16(19-20-22)13-3-8-17(23)18(24)11-13;/h3-8,11-12,23-24H,9-10H2,1-2H3;1H. The van der Waals surface area contributed by atoms with Crippen molar-refractivity contribution in [1.29, 1.82) is 0 Å². The second kappa shape index (κ2) is 8.55. The number of quaternary nitrogens is 1. The molecule has 26 heavy (non-hydrogen) atoms. The van der Waals surface area contributed by atoms with Crippen molar-refractivity contribution in [3.05, 3.63) is 48.7 Å². The molecule has 0 atom stereocenters. The lowest BCUT2D eigenvalue weighted by Gasteiger charge is -2.09. The molecule has 3 rings (SSSR count). The quantitative estimate of drug-likeness (QED) is 0.428. The minimum absolute atomic E-state index is 0. The van der Waals surface area contributed by atoms with Crippen LogP contribution < -0.4 is 22.0 Å². The third-order valence-electron chi connectivity index (χ3n) is 3.74. The van der Waals surface area contributed by atoms with E-state index in [1.807, 2.05) is 24.3 Å². The molecule has 1 aromatic heterocycles. The van der Waals surface area contributed by atoms with Crippen molar-refractivity contribution in [2.45, 2.75) is 0 Å². The zero-order chi connectivity index (χ0) is 17.8. The first-order chi connectivity index (χ1) is 12.0. The molecule has 0 aliphatic carbocycles. The Bertz CT molecular complexity index is 850. The lowest BCUT2D eigenvalue weighted by Crippen LogP contribution is -3.06. The van der Waals surface area contributed by atoms with Gasteiger partial charge in [0.2, 0.25) is 0 Å². The molecule has 0 aliphatic heterocycles. The maximum atomic E-state index is 9.60. The molecule has 0 bridgehead atoms. The molecule has 1 heterocycles. The molecule has 0 saturated carbocycles.